The Morgan fingerprint density at radius 3 is 2.32 bits per heavy atom. The van der Waals surface area contributed by atoms with Crippen LogP contribution in [0.1, 0.15) is 19.4 Å². The minimum atomic E-state index is -3.61. The molecule has 1 rings (SSSR count). The summed E-state index contributed by atoms with van der Waals surface area (Å²) in [7, 11) is -3.61. The topological polar surface area (TPSA) is 92.4 Å². The number of nitrogens with one attached hydrogen (secondary N) is 1. The second-order valence-electron chi connectivity index (χ2n) is 5.44. The highest BCUT2D eigenvalue weighted by atomic mass is 32.2. The average molecular weight is 286 g/mol. The molecule has 6 heteroatoms. The van der Waals surface area contributed by atoms with Gasteiger partial charge in [-0.25, -0.2) is 13.6 Å². The third-order valence-electron chi connectivity index (χ3n) is 2.87. The van der Waals surface area contributed by atoms with Gasteiger partial charge in [-0.1, -0.05) is 26.0 Å². The molecule has 0 saturated carbocycles. The molecule has 0 amide bonds. The first-order valence-corrected chi connectivity index (χ1v) is 7.72. The highest BCUT2D eigenvalue weighted by Crippen LogP contribution is 2.12. The van der Waals surface area contributed by atoms with Gasteiger partial charge in [0, 0.05) is 18.6 Å². The van der Waals surface area contributed by atoms with E-state index in [2.05, 4.69) is 5.32 Å². The highest BCUT2D eigenvalue weighted by molar-refractivity contribution is 7.89. The van der Waals surface area contributed by atoms with Crippen molar-refractivity contribution in [1.82, 2.24) is 5.32 Å². The van der Waals surface area contributed by atoms with Crippen LogP contribution in [-0.2, 0) is 16.4 Å². The van der Waals surface area contributed by atoms with Crippen LogP contribution in [0.25, 0.3) is 0 Å². The van der Waals surface area contributed by atoms with E-state index in [9.17, 15) is 8.42 Å². The number of aliphatic hydroxyl groups is 1. The van der Waals surface area contributed by atoms with Crippen molar-refractivity contribution in [1.29, 1.82) is 0 Å². The van der Waals surface area contributed by atoms with Crippen LogP contribution >= 0.6 is 0 Å². The van der Waals surface area contributed by atoms with Crippen molar-refractivity contribution in [2.45, 2.75) is 25.2 Å². The Labute approximate surface area is 114 Å². The number of hydrogen-bond acceptors (Lipinski definition) is 4. The lowest BCUT2D eigenvalue weighted by Crippen LogP contribution is -2.33. The molecule has 0 atom stereocenters. The highest BCUT2D eigenvalue weighted by Gasteiger charge is 2.15. The predicted octanol–water partition coefficient (Wildman–Crippen LogP) is 0.485. The molecule has 5 nitrogen and oxygen atoms in total. The Balaban J connectivity index is 2.43. The number of nitrogens with two attached hydrogens (primary N) is 1. The number of rotatable bonds is 7. The van der Waals surface area contributed by atoms with Gasteiger partial charge < -0.3 is 10.4 Å². The summed E-state index contributed by atoms with van der Waals surface area (Å²) in [6, 6.07) is 6.56. The molecular weight excluding hydrogens is 264 g/mol. The van der Waals surface area contributed by atoms with Gasteiger partial charge in [-0.3, -0.25) is 0 Å². The zero-order valence-electron chi connectivity index (χ0n) is 11.4. The SMILES string of the molecule is CC(C)(CO)CNCCc1ccc(S(N)(=O)=O)cc1. The number of sulfonamides is 1. The van der Waals surface area contributed by atoms with Gasteiger partial charge in [0.25, 0.3) is 0 Å². The maximum Gasteiger partial charge on any atom is 0.238 e. The first-order chi connectivity index (χ1) is 8.74. The summed E-state index contributed by atoms with van der Waals surface area (Å²) in [4.78, 5) is 0.130. The van der Waals surface area contributed by atoms with Gasteiger partial charge in [0.2, 0.25) is 10.0 Å². The Hall–Kier alpha value is -0.950. The molecular formula is C13H22N2O3S. The zero-order valence-corrected chi connectivity index (χ0v) is 12.2. The van der Waals surface area contributed by atoms with Crippen molar-refractivity contribution in [3.8, 4) is 0 Å². The van der Waals surface area contributed by atoms with Crippen LogP contribution in [0.5, 0.6) is 0 Å². The molecule has 0 aliphatic rings. The minimum Gasteiger partial charge on any atom is -0.396 e. The van der Waals surface area contributed by atoms with E-state index in [1.165, 1.54) is 12.1 Å². The molecule has 0 heterocycles. The van der Waals surface area contributed by atoms with Crippen molar-refractivity contribution in [3.63, 3.8) is 0 Å². The van der Waals surface area contributed by atoms with E-state index in [1.54, 1.807) is 12.1 Å². The first-order valence-electron chi connectivity index (χ1n) is 6.18. The Morgan fingerprint density at radius 1 is 1.26 bits per heavy atom. The first kappa shape index (κ1) is 16.1. The summed E-state index contributed by atoms with van der Waals surface area (Å²) in [5, 5.41) is 17.4. The monoisotopic (exact) mass is 286 g/mol. The number of primary sulfonamides is 1. The molecule has 0 aliphatic carbocycles. The molecule has 0 spiro atoms. The van der Waals surface area contributed by atoms with Crippen molar-refractivity contribution >= 4 is 10.0 Å². The van der Waals surface area contributed by atoms with E-state index in [-0.39, 0.29) is 16.9 Å². The molecule has 0 fully saturated rings. The van der Waals surface area contributed by atoms with E-state index >= 15 is 0 Å². The van der Waals surface area contributed by atoms with Crippen LogP contribution in [0.3, 0.4) is 0 Å². The smallest absolute Gasteiger partial charge is 0.238 e. The third-order valence-corrected chi connectivity index (χ3v) is 3.80. The van der Waals surface area contributed by atoms with Gasteiger partial charge in [0.05, 0.1) is 4.90 Å². The van der Waals surface area contributed by atoms with Crippen molar-refractivity contribution in [2.24, 2.45) is 10.6 Å². The third kappa shape index (κ3) is 5.69. The fourth-order valence-electron chi connectivity index (χ4n) is 1.56. The van der Waals surface area contributed by atoms with Crippen LogP contribution in [-0.4, -0.2) is 33.2 Å². The number of aliphatic hydroxyl groups excluding tert-OH is 1. The largest absolute Gasteiger partial charge is 0.396 e. The number of benzene rings is 1. The van der Waals surface area contributed by atoms with E-state index in [0.29, 0.717) is 0 Å². The molecule has 0 aromatic heterocycles. The fourth-order valence-corrected chi connectivity index (χ4v) is 2.08. The molecule has 4 N–H and O–H groups in total. The van der Waals surface area contributed by atoms with Crippen LogP contribution in [0.4, 0.5) is 0 Å². The Kier molecular flexibility index (Phi) is 5.49. The summed E-state index contributed by atoms with van der Waals surface area (Å²) in [5.74, 6) is 0. The molecule has 0 unspecified atom stereocenters. The van der Waals surface area contributed by atoms with E-state index in [4.69, 9.17) is 10.2 Å². The zero-order chi connectivity index (χ0) is 14.5. The normalized spacial score (nSPS) is 12.6. The average Bonchev–Trinajstić information content (AvgIpc) is 2.34. The second-order valence-corrected chi connectivity index (χ2v) is 7.00. The van der Waals surface area contributed by atoms with Gasteiger partial charge in [-0.05, 0) is 30.7 Å². The van der Waals surface area contributed by atoms with E-state index in [1.807, 2.05) is 13.8 Å². The van der Waals surface area contributed by atoms with Crippen molar-refractivity contribution in [3.05, 3.63) is 29.8 Å². The Bertz CT molecular complexity index is 495. The molecule has 1 aromatic carbocycles. The van der Waals surface area contributed by atoms with Crippen molar-refractivity contribution < 1.29 is 13.5 Å². The van der Waals surface area contributed by atoms with Gasteiger partial charge >= 0.3 is 0 Å². The lowest BCUT2D eigenvalue weighted by Gasteiger charge is -2.21. The Morgan fingerprint density at radius 2 is 1.84 bits per heavy atom. The van der Waals surface area contributed by atoms with Gasteiger partial charge in [0.15, 0.2) is 0 Å². The van der Waals surface area contributed by atoms with Gasteiger partial charge in [-0.15, -0.1) is 0 Å². The van der Waals surface area contributed by atoms with Gasteiger partial charge in [0.1, 0.15) is 0 Å². The quantitative estimate of drug-likeness (QED) is 0.636. The van der Waals surface area contributed by atoms with Crippen LogP contribution in [0.2, 0.25) is 0 Å². The van der Waals surface area contributed by atoms with Gasteiger partial charge in [-0.2, -0.15) is 0 Å². The van der Waals surface area contributed by atoms with Crippen LogP contribution in [0, 0.1) is 5.41 Å². The molecule has 0 saturated heterocycles. The van der Waals surface area contributed by atoms with Crippen LogP contribution in [0.15, 0.2) is 29.2 Å². The lowest BCUT2D eigenvalue weighted by atomic mass is 9.95. The lowest BCUT2D eigenvalue weighted by molar-refractivity contribution is 0.157. The van der Waals surface area contributed by atoms with E-state index in [0.717, 1.165) is 25.1 Å². The summed E-state index contributed by atoms with van der Waals surface area (Å²) < 4.78 is 22.2. The summed E-state index contributed by atoms with van der Waals surface area (Å²) in [5.41, 5.74) is 0.916. The summed E-state index contributed by atoms with van der Waals surface area (Å²) >= 11 is 0. The molecule has 0 bridgehead atoms. The summed E-state index contributed by atoms with van der Waals surface area (Å²) in [6.45, 7) is 5.63. The number of hydrogen-bond donors (Lipinski definition) is 3. The molecule has 19 heavy (non-hydrogen) atoms. The standard InChI is InChI=1S/C13H22N2O3S/c1-13(2,10-16)9-15-8-7-11-3-5-12(6-4-11)19(14,17)18/h3-6,15-16H,7-10H2,1-2H3,(H2,14,17,18). The maximum atomic E-state index is 11.1. The molecule has 108 valence electrons. The maximum absolute atomic E-state index is 11.1. The molecule has 0 radical (unpaired) electrons. The molecule has 0 aliphatic heterocycles. The minimum absolute atomic E-state index is 0.127. The van der Waals surface area contributed by atoms with E-state index < -0.39 is 10.0 Å². The van der Waals surface area contributed by atoms with Crippen LogP contribution < -0.4 is 10.5 Å². The predicted molar refractivity (Wildman–Crippen MR) is 75.3 cm³/mol. The van der Waals surface area contributed by atoms with Crippen molar-refractivity contribution in [2.75, 3.05) is 19.7 Å². The fraction of sp³-hybridized carbons (Fsp3) is 0.538. The summed E-state index contributed by atoms with van der Waals surface area (Å²) in [6.07, 6.45) is 0.798. The second kappa shape index (κ2) is 6.47. The molecule has 1 aromatic rings.